The van der Waals surface area contributed by atoms with Crippen molar-refractivity contribution in [1.82, 2.24) is 0 Å². The summed E-state index contributed by atoms with van der Waals surface area (Å²) in [5.41, 5.74) is 0. The van der Waals surface area contributed by atoms with E-state index in [-0.39, 0.29) is 6.08 Å². The fourth-order valence-electron chi connectivity index (χ4n) is 0.557. The lowest BCUT2D eigenvalue weighted by Crippen LogP contribution is -2.12. The summed E-state index contributed by atoms with van der Waals surface area (Å²) in [4.78, 5) is 20.4. The zero-order chi connectivity index (χ0) is 8.59. The van der Waals surface area contributed by atoms with Crippen LogP contribution in [0, 0.1) is 0 Å². The molecule has 0 atom stereocenters. The van der Waals surface area contributed by atoms with E-state index in [2.05, 4.69) is 0 Å². The first-order chi connectivity index (χ1) is 5.04. The van der Waals surface area contributed by atoms with Gasteiger partial charge < -0.3 is 0 Å². The molecule has 0 N–H and O–H groups in total. The summed E-state index contributed by atoms with van der Waals surface area (Å²) in [6.45, 7) is 0. The van der Waals surface area contributed by atoms with Crippen molar-refractivity contribution in [3.05, 3.63) is 23.6 Å². The predicted octanol–water partition coefficient (Wildman–Crippen LogP) is 1.14. The van der Waals surface area contributed by atoms with Crippen molar-refractivity contribution in [2.45, 2.75) is 0 Å². The SMILES string of the molecule is O=C1C=C(F)C(=O)C(F)=C1F. The maximum Gasteiger partial charge on any atom is 0.252 e. The third-order valence-electron chi connectivity index (χ3n) is 1.08. The monoisotopic (exact) mass is 162 g/mol. The van der Waals surface area contributed by atoms with Gasteiger partial charge in [0, 0.05) is 6.08 Å². The van der Waals surface area contributed by atoms with Crippen LogP contribution in [0.3, 0.4) is 0 Å². The van der Waals surface area contributed by atoms with Crippen molar-refractivity contribution in [3.63, 3.8) is 0 Å². The second-order valence-electron chi connectivity index (χ2n) is 1.81. The van der Waals surface area contributed by atoms with Crippen molar-refractivity contribution in [3.8, 4) is 0 Å². The summed E-state index contributed by atoms with van der Waals surface area (Å²) in [6, 6.07) is 0. The van der Waals surface area contributed by atoms with E-state index < -0.39 is 29.0 Å². The lowest BCUT2D eigenvalue weighted by atomic mass is 10.1. The largest absolute Gasteiger partial charge is 0.286 e. The molecule has 0 aromatic rings. The van der Waals surface area contributed by atoms with E-state index in [1.165, 1.54) is 0 Å². The molecular formula is C6HF3O2. The van der Waals surface area contributed by atoms with Gasteiger partial charge in [-0.3, -0.25) is 9.59 Å². The van der Waals surface area contributed by atoms with E-state index in [1.54, 1.807) is 0 Å². The first-order valence-corrected chi connectivity index (χ1v) is 2.55. The molecular weight excluding hydrogens is 161 g/mol. The number of Topliss-reactive ketones (excluding diaryl/α,β-unsaturated/α-hetero) is 1. The molecule has 0 radical (unpaired) electrons. The van der Waals surface area contributed by atoms with Gasteiger partial charge in [-0.2, -0.15) is 8.78 Å². The van der Waals surface area contributed by atoms with E-state index in [0.29, 0.717) is 0 Å². The van der Waals surface area contributed by atoms with E-state index in [1.807, 2.05) is 0 Å². The minimum absolute atomic E-state index is 0.112. The summed E-state index contributed by atoms with van der Waals surface area (Å²) in [5.74, 6) is -8.55. The topological polar surface area (TPSA) is 34.1 Å². The van der Waals surface area contributed by atoms with Gasteiger partial charge in [-0.1, -0.05) is 0 Å². The Balaban J connectivity index is 3.19. The fourth-order valence-corrected chi connectivity index (χ4v) is 0.557. The number of carbonyl (C=O) groups is 2. The van der Waals surface area contributed by atoms with Crippen LogP contribution in [0.25, 0.3) is 0 Å². The van der Waals surface area contributed by atoms with Crippen LogP contribution in [-0.2, 0) is 9.59 Å². The first-order valence-electron chi connectivity index (χ1n) is 2.55. The molecule has 2 nitrogen and oxygen atoms in total. The van der Waals surface area contributed by atoms with Crippen LogP contribution in [0.1, 0.15) is 0 Å². The Morgan fingerprint density at radius 3 is 2.09 bits per heavy atom. The van der Waals surface area contributed by atoms with Crippen molar-refractivity contribution in [1.29, 1.82) is 0 Å². The van der Waals surface area contributed by atoms with Crippen LogP contribution in [0.15, 0.2) is 23.6 Å². The molecule has 0 unspecified atom stereocenters. The first kappa shape index (κ1) is 7.71. The number of rotatable bonds is 0. The molecule has 5 heteroatoms. The average molecular weight is 162 g/mol. The molecule has 0 amide bonds. The molecule has 11 heavy (non-hydrogen) atoms. The van der Waals surface area contributed by atoms with Gasteiger partial charge in [0.25, 0.3) is 5.78 Å². The van der Waals surface area contributed by atoms with Gasteiger partial charge in [-0.25, -0.2) is 4.39 Å². The van der Waals surface area contributed by atoms with Gasteiger partial charge in [0.05, 0.1) is 0 Å². The van der Waals surface area contributed by atoms with Crippen LogP contribution in [-0.4, -0.2) is 11.6 Å². The Labute approximate surface area is 59.0 Å². The minimum Gasteiger partial charge on any atom is -0.286 e. The Hall–Kier alpha value is -1.39. The number of hydrogen-bond donors (Lipinski definition) is 0. The number of allylic oxidation sites excluding steroid dienone is 4. The molecule has 0 bridgehead atoms. The third kappa shape index (κ3) is 1.09. The standard InChI is InChI=1S/C6HF3O2/c7-2-1-3(10)4(8)5(9)6(2)11/h1H. The second-order valence-corrected chi connectivity index (χ2v) is 1.81. The van der Waals surface area contributed by atoms with Crippen LogP contribution < -0.4 is 0 Å². The highest BCUT2D eigenvalue weighted by Gasteiger charge is 2.29. The molecule has 1 rings (SSSR count). The minimum atomic E-state index is -1.96. The predicted molar refractivity (Wildman–Crippen MR) is 28.4 cm³/mol. The number of carbonyl (C=O) groups excluding carboxylic acids is 2. The number of hydrogen-bond acceptors (Lipinski definition) is 2. The van der Waals surface area contributed by atoms with E-state index in [0.717, 1.165) is 0 Å². The average Bonchev–Trinajstić information content (AvgIpc) is 1.97. The smallest absolute Gasteiger partial charge is 0.252 e. The van der Waals surface area contributed by atoms with E-state index in [9.17, 15) is 22.8 Å². The molecule has 0 saturated heterocycles. The second kappa shape index (κ2) is 2.34. The van der Waals surface area contributed by atoms with Crippen molar-refractivity contribution in [2.75, 3.05) is 0 Å². The van der Waals surface area contributed by atoms with Crippen LogP contribution in [0.4, 0.5) is 13.2 Å². The van der Waals surface area contributed by atoms with Gasteiger partial charge in [-0.15, -0.1) is 0 Å². The molecule has 0 aromatic heterocycles. The van der Waals surface area contributed by atoms with Crippen molar-refractivity contribution < 1.29 is 22.8 Å². The summed E-state index contributed by atoms with van der Waals surface area (Å²) in [5, 5.41) is 0. The molecule has 0 spiro atoms. The van der Waals surface area contributed by atoms with Crippen molar-refractivity contribution >= 4 is 11.6 Å². The van der Waals surface area contributed by atoms with Crippen LogP contribution >= 0.6 is 0 Å². The summed E-state index contributed by atoms with van der Waals surface area (Å²) >= 11 is 0. The molecule has 1 aliphatic carbocycles. The Bertz CT molecular complexity index is 301. The quantitative estimate of drug-likeness (QED) is 0.500. The Morgan fingerprint density at radius 1 is 1.00 bits per heavy atom. The maximum absolute atomic E-state index is 12.1. The maximum atomic E-state index is 12.1. The van der Waals surface area contributed by atoms with Gasteiger partial charge in [0.2, 0.25) is 17.4 Å². The van der Waals surface area contributed by atoms with Gasteiger partial charge in [0.15, 0.2) is 5.83 Å². The molecule has 0 fully saturated rings. The zero-order valence-corrected chi connectivity index (χ0v) is 5.03. The van der Waals surface area contributed by atoms with Crippen LogP contribution in [0.2, 0.25) is 0 Å². The summed E-state index contributed by atoms with van der Waals surface area (Å²) in [7, 11) is 0. The zero-order valence-electron chi connectivity index (χ0n) is 5.03. The third-order valence-corrected chi connectivity index (χ3v) is 1.08. The van der Waals surface area contributed by atoms with E-state index >= 15 is 0 Å². The Kier molecular flexibility index (Phi) is 1.64. The van der Waals surface area contributed by atoms with Gasteiger partial charge in [0.1, 0.15) is 0 Å². The molecule has 0 heterocycles. The molecule has 1 aliphatic rings. The lowest BCUT2D eigenvalue weighted by Gasteiger charge is -2.00. The normalized spacial score (nSPS) is 19.0. The van der Waals surface area contributed by atoms with E-state index in [4.69, 9.17) is 0 Å². The highest BCUT2D eigenvalue weighted by atomic mass is 19.2. The molecule has 0 aliphatic heterocycles. The Morgan fingerprint density at radius 2 is 1.55 bits per heavy atom. The highest BCUT2D eigenvalue weighted by molar-refractivity contribution is 6.19. The van der Waals surface area contributed by atoms with Gasteiger partial charge in [-0.05, 0) is 0 Å². The molecule has 0 saturated carbocycles. The number of ketones is 2. The van der Waals surface area contributed by atoms with Crippen molar-refractivity contribution in [2.24, 2.45) is 0 Å². The molecule has 58 valence electrons. The molecule has 0 aromatic carbocycles. The fraction of sp³-hybridized carbons (Fsp3) is 0. The van der Waals surface area contributed by atoms with Crippen LogP contribution in [0.5, 0.6) is 0 Å². The highest BCUT2D eigenvalue weighted by Crippen LogP contribution is 2.21. The van der Waals surface area contributed by atoms with Gasteiger partial charge >= 0.3 is 0 Å². The summed E-state index contributed by atoms with van der Waals surface area (Å²) in [6.07, 6.45) is 0.112. The number of halogens is 3. The lowest BCUT2D eigenvalue weighted by molar-refractivity contribution is -0.118. The summed E-state index contributed by atoms with van der Waals surface area (Å²) < 4.78 is 36.3.